The molecule has 0 saturated carbocycles. The van der Waals surface area contributed by atoms with Crippen molar-refractivity contribution in [3.05, 3.63) is 30.1 Å². The standard InChI is InChI=1S/C17H22FN5O3S/c1-3-12(2)23(15-8-9-27(25,26)11-15)16(24)10-22-20-17(19-21-22)13-4-6-14(18)7-5-13/h4-7,12,15H,3,8-11H2,1-2H3/t12-,15+/m0/s1. The van der Waals surface area contributed by atoms with E-state index in [1.54, 1.807) is 4.90 Å². The van der Waals surface area contributed by atoms with Crippen LogP contribution in [0.1, 0.15) is 26.7 Å². The molecule has 8 nitrogen and oxygen atoms in total. The van der Waals surface area contributed by atoms with Gasteiger partial charge in [-0.15, -0.1) is 10.2 Å². The molecule has 1 aliphatic heterocycles. The minimum absolute atomic E-state index is 0.00526. The van der Waals surface area contributed by atoms with Gasteiger partial charge in [-0.3, -0.25) is 4.79 Å². The van der Waals surface area contributed by atoms with Crippen LogP contribution in [0.2, 0.25) is 0 Å². The first-order valence-corrected chi connectivity index (χ1v) is 10.7. The number of nitrogens with zero attached hydrogens (tertiary/aromatic N) is 5. The predicted octanol–water partition coefficient (Wildman–Crippen LogP) is 1.29. The van der Waals surface area contributed by atoms with Crippen LogP contribution in [0.4, 0.5) is 4.39 Å². The van der Waals surface area contributed by atoms with E-state index in [1.807, 2.05) is 13.8 Å². The van der Waals surface area contributed by atoms with E-state index in [0.29, 0.717) is 24.2 Å². The van der Waals surface area contributed by atoms with Crippen molar-refractivity contribution in [1.29, 1.82) is 0 Å². The van der Waals surface area contributed by atoms with Crippen molar-refractivity contribution in [1.82, 2.24) is 25.1 Å². The Kier molecular flexibility index (Phi) is 5.54. The molecule has 1 fully saturated rings. The summed E-state index contributed by atoms with van der Waals surface area (Å²) in [7, 11) is -3.10. The van der Waals surface area contributed by atoms with Gasteiger partial charge in [-0.25, -0.2) is 12.8 Å². The van der Waals surface area contributed by atoms with Crippen LogP contribution in [-0.4, -0.2) is 63.0 Å². The smallest absolute Gasteiger partial charge is 0.246 e. The van der Waals surface area contributed by atoms with Gasteiger partial charge in [-0.1, -0.05) is 6.92 Å². The third-order valence-electron chi connectivity index (χ3n) is 4.79. The van der Waals surface area contributed by atoms with E-state index < -0.39 is 9.84 Å². The average molecular weight is 395 g/mol. The summed E-state index contributed by atoms with van der Waals surface area (Å²) in [6.45, 7) is 3.73. The second kappa shape index (κ2) is 7.71. The second-order valence-electron chi connectivity index (χ2n) is 6.77. The summed E-state index contributed by atoms with van der Waals surface area (Å²) in [4.78, 5) is 15.7. The molecule has 3 rings (SSSR count). The summed E-state index contributed by atoms with van der Waals surface area (Å²) in [6.07, 6.45) is 1.16. The maximum Gasteiger partial charge on any atom is 0.246 e. The number of carbonyl (C=O) groups excluding carboxylic acids is 1. The van der Waals surface area contributed by atoms with Crippen molar-refractivity contribution in [2.75, 3.05) is 11.5 Å². The predicted molar refractivity (Wildman–Crippen MR) is 96.9 cm³/mol. The molecule has 10 heteroatoms. The number of amides is 1. The highest BCUT2D eigenvalue weighted by Crippen LogP contribution is 2.22. The Morgan fingerprint density at radius 2 is 2.07 bits per heavy atom. The third-order valence-corrected chi connectivity index (χ3v) is 6.54. The fraction of sp³-hybridized carbons (Fsp3) is 0.529. The van der Waals surface area contributed by atoms with Gasteiger partial charge in [-0.2, -0.15) is 4.80 Å². The van der Waals surface area contributed by atoms with Crippen LogP contribution >= 0.6 is 0 Å². The molecule has 1 aromatic heterocycles. The van der Waals surface area contributed by atoms with Crippen molar-refractivity contribution in [3.63, 3.8) is 0 Å². The number of halogens is 1. The van der Waals surface area contributed by atoms with Gasteiger partial charge in [-0.05, 0) is 49.2 Å². The summed E-state index contributed by atoms with van der Waals surface area (Å²) in [6, 6.07) is 5.26. The molecular weight excluding hydrogens is 373 g/mol. The van der Waals surface area contributed by atoms with E-state index in [2.05, 4.69) is 15.4 Å². The number of aromatic nitrogens is 4. The second-order valence-corrected chi connectivity index (χ2v) is 8.99. The van der Waals surface area contributed by atoms with Crippen LogP contribution in [0.5, 0.6) is 0 Å². The summed E-state index contributed by atoms with van der Waals surface area (Å²) in [5.41, 5.74) is 0.593. The van der Waals surface area contributed by atoms with Crippen LogP contribution in [0, 0.1) is 5.82 Å². The summed E-state index contributed by atoms with van der Waals surface area (Å²) < 4.78 is 36.7. The van der Waals surface area contributed by atoms with E-state index in [0.717, 1.165) is 0 Å². The highest BCUT2D eigenvalue weighted by atomic mass is 32.2. The highest BCUT2D eigenvalue weighted by Gasteiger charge is 2.36. The fourth-order valence-corrected chi connectivity index (χ4v) is 4.94. The van der Waals surface area contributed by atoms with Crippen molar-refractivity contribution < 1.29 is 17.6 Å². The Balaban J connectivity index is 1.75. The van der Waals surface area contributed by atoms with Crippen molar-refractivity contribution in [2.24, 2.45) is 0 Å². The Morgan fingerprint density at radius 1 is 1.37 bits per heavy atom. The van der Waals surface area contributed by atoms with Gasteiger partial charge in [0.2, 0.25) is 11.7 Å². The molecular formula is C17H22FN5O3S. The van der Waals surface area contributed by atoms with Gasteiger partial charge in [0, 0.05) is 17.6 Å². The molecule has 0 bridgehead atoms. The topological polar surface area (TPSA) is 98.1 Å². The van der Waals surface area contributed by atoms with E-state index in [-0.39, 0.29) is 41.9 Å². The largest absolute Gasteiger partial charge is 0.334 e. The van der Waals surface area contributed by atoms with Crippen molar-refractivity contribution in [3.8, 4) is 11.4 Å². The van der Waals surface area contributed by atoms with Crippen LogP contribution in [0.3, 0.4) is 0 Å². The first kappa shape index (κ1) is 19.4. The minimum atomic E-state index is -3.10. The molecule has 2 heterocycles. The molecule has 1 aromatic carbocycles. The van der Waals surface area contributed by atoms with Gasteiger partial charge in [0.05, 0.1) is 11.5 Å². The van der Waals surface area contributed by atoms with Crippen LogP contribution in [0.25, 0.3) is 11.4 Å². The zero-order valence-electron chi connectivity index (χ0n) is 15.2. The van der Waals surface area contributed by atoms with Gasteiger partial charge < -0.3 is 4.90 Å². The summed E-state index contributed by atoms with van der Waals surface area (Å²) in [5, 5.41) is 12.0. The van der Waals surface area contributed by atoms with Crippen molar-refractivity contribution in [2.45, 2.75) is 45.3 Å². The maximum atomic E-state index is 13.0. The van der Waals surface area contributed by atoms with Crippen LogP contribution < -0.4 is 0 Å². The molecule has 2 atom stereocenters. The Hall–Kier alpha value is -2.36. The van der Waals surface area contributed by atoms with Gasteiger partial charge >= 0.3 is 0 Å². The summed E-state index contributed by atoms with van der Waals surface area (Å²) in [5.74, 6) is -0.212. The lowest BCUT2D eigenvalue weighted by Gasteiger charge is -2.33. The van der Waals surface area contributed by atoms with Crippen LogP contribution in [0.15, 0.2) is 24.3 Å². The Morgan fingerprint density at radius 3 is 2.67 bits per heavy atom. The SMILES string of the molecule is CC[C@H](C)N(C(=O)Cn1nnc(-c2ccc(F)cc2)n1)[C@@H]1CCS(=O)(=O)C1. The third kappa shape index (κ3) is 4.49. The number of hydrogen-bond donors (Lipinski definition) is 0. The maximum absolute atomic E-state index is 13.0. The lowest BCUT2D eigenvalue weighted by Crippen LogP contribution is -2.48. The molecule has 0 radical (unpaired) electrons. The van der Waals surface area contributed by atoms with Gasteiger partial charge in [0.15, 0.2) is 9.84 Å². The first-order chi connectivity index (χ1) is 12.8. The molecule has 0 unspecified atom stereocenters. The molecule has 0 N–H and O–H groups in total. The molecule has 0 aliphatic carbocycles. The number of sulfone groups is 1. The number of tetrazole rings is 1. The Labute approximate surface area is 157 Å². The lowest BCUT2D eigenvalue weighted by atomic mass is 10.1. The average Bonchev–Trinajstić information content (AvgIpc) is 3.22. The van der Waals surface area contributed by atoms with E-state index in [4.69, 9.17) is 0 Å². The zero-order valence-corrected chi connectivity index (χ0v) is 16.1. The minimum Gasteiger partial charge on any atom is -0.334 e. The zero-order chi connectivity index (χ0) is 19.6. The van der Waals surface area contributed by atoms with E-state index >= 15 is 0 Å². The van der Waals surface area contributed by atoms with Gasteiger partial charge in [0.1, 0.15) is 12.4 Å². The Bertz CT molecular complexity index is 913. The van der Waals surface area contributed by atoms with Crippen molar-refractivity contribution >= 4 is 15.7 Å². The number of benzene rings is 1. The monoisotopic (exact) mass is 395 g/mol. The van der Waals surface area contributed by atoms with E-state index in [9.17, 15) is 17.6 Å². The lowest BCUT2D eigenvalue weighted by molar-refractivity contribution is -0.136. The molecule has 1 aliphatic rings. The first-order valence-electron chi connectivity index (χ1n) is 8.84. The molecule has 146 valence electrons. The number of rotatable bonds is 6. The number of hydrogen-bond acceptors (Lipinski definition) is 6. The highest BCUT2D eigenvalue weighted by molar-refractivity contribution is 7.91. The molecule has 1 saturated heterocycles. The molecule has 27 heavy (non-hydrogen) atoms. The number of carbonyl (C=O) groups is 1. The van der Waals surface area contributed by atoms with E-state index in [1.165, 1.54) is 29.1 Å². The van der Waals surface area contributed by atoms with Crippen LogP contribution in [-0.2, 0) is 21.2 Å². The fourth-order valence-electron chi connectivity index (χ4n) is 3.23. The molecule has 2 aromatic rings. The van der Waals surface area contributed by atoms with Gasteiger partial charge in [0.25, 0.3) is 0 Å². The molecule has 1 amide bonds. The normalized spacial score (nSPS) is 19.7. The quantitative estimate of drug-likeness (QED) is 0.731. The molecule has 0 spiro atoms. The summed E-state index contributed by atoms with van der Waals surface area (Å²) >= 11 is 0.